The maximum atomic E-state index is 13.1. The molecule has 0 rings (SSSR count). The first-order valence-electron chi connectivity index (χ1n) is 4.08. The second-order valence-corrected chi connectivity index (χ2v) is 3.07. The average Bonchev–Trinajstić information content (AvgIpc) is 2.10. The molecule has 0 spiro atoms. The molecule has 0 aromatic carbocycles. The molecule has 0 aliphatic heterocycles. The van der Waals surface area contributed by atoms with Gasteiger partial charge in [0, 0.05) is 19.1 Å². The molecule has 0 bridgehead atoms. The van der Waals surface area contributed by atoms with E-state index in [9.17, 15) is 35.9 Å². The van der Waals surface area contributed by atoms with E-state index in [4.69, 9.17) is 5.11 Å². The second kappa shape index (κ2) is 4.86. The van der Waals surface area contributed by atoms with E-state index < -0.39 is 36.8 Å². The van der Waals surface area contributed by atoms with Crippen LogP contribution in [0.2, 0.25) is 0 Å². The monoisotopic (exact) mass is 280 g/mol. The van der Waals surface area contributed by atoms with Gasteiger partial charge in [0.15, 0.2) is 0 Å². The fraction of sp³-hybridized carbons (Fsp3) is 0.500. The number of carboxylic acid groups (broad SMARTS) is 1. The molecule has 10 heteroatoms. The van der Waals surface area contributed by atoms with E-state index in [0.29, 0.717) is 0 Å². The Labute approximate surface area is 95.8 Å². The molecular formula is C8H6F6O4. The Morgan fingerprint density at radius 2 is 1.50 bits per heavy atom. The highest BCUT2D eigenvalue weighted by Crippen LogP contribution is 2.45. The zero-order valence-corrected chi connectivity index (χ0v) is 8.59. The van der Waals surface area contributed by atoms with Crippen LogP contribution in [-0.4, -0.2) is 35.0 Å². The van der Waals surface area contributed by atoms with E-state index in [1.807, 2.05) is 0 Å². The highest BCUT2D eigenvalue weighted by Gasteiger charge is 2.72. The molecule has 0 heterocycles. The average molecular weight is 280 g/mol. The van der Waals surface area contributed by atoms with E-state index in [-0.39, 0.29) is 12.2 Å². The van der Waals surface area contributed by atoms with E-state index in [1.54, 1.807) is 0 Å². The summed E-state index contributed by atoms with van der Waals surface area (Å²) in [7, 11) is 0. The van der Waals surface area contributed by atoms with Crippen molar-refractivity contribution in [1.29, 1.82) is 0 Å². The summed E-state index contributed by atoms with van der Waals surface area (Å²) in [6.07, 6.45) is -6.31. The Morgan fingerprint density at radius 1 is 1.06 bits per heavy atom. The number of hydrogen-bond donors (Lipinski definition) is 1. The standard InChI is InChI=1S/C8H6F6O4/c1-6(9,10)7(11,8(12,13)14)18-5(17)3-2-4(15)16/h2-3H,1H3,(H,15,16). The molecule has 0 aliphatic rings. The lowest BCUT2D eigenvalue weighted by Gasteiger charge is -2.31. The lowest BCUT2D eigenvalue weighted by molar-refractivity contribution is -0.381. The number of ether oxygens (including phenoxy) is 1. The summed E-state index contributed by atoms with van der Waals surface area (Å²) < 4.78 is 77.4. The lowest BCUT2D eigenvalue weighted by atomic mass is 10.1. The van der Waals surface area contributed by atoms with Crippen LogP contribution >= 0.6 is 0 Å². The second-order valence-electron chi connectivity index (χ2n) is 3.07. The number of aliphatic carboxylic acids is 1. The Bertz CT molecular complexity index is 353. The van der Waals surface area contributed by atoms with Crippen molar-refractivity contribution in [3.63, 3.8) is 0 Å². The Hall–Kier alpha value is -1.74. The van der Waals surface area contributed by atoms with E-state index in [1.165, 1.54) is 0 Å². The van der Waals surface area contributed by atoms with Gasteiger partial charge in [-0.3, -0.25) is 0 Å². The highest BCUT2D eigenvalue weighted by molar-refractivity contribution is 5.90. The normalized spacial score (nSPS) is 16.4. The van der Waals surface area contributed by atoms with Gasteiger partial charge in [0.25, 0.3) is 0 Å². The smallest absolute Gasteiger partial charge is 0.467 e. The van der Waals surface area contributed by atoms with Crippen molar-refractivity contribution in [1.82, 2.24) is 0 Å². The van der Waals surface area contributed by atoms with Crippen molar-refractivity contribution in [2.24, 2.45) is 0 Å². The fourth-order valence-electron chi connectivity index (χ4n) is 0.708. The first-order chi connectivity index (χ1) is 7.81. The van der Waals surface area contributed by atoms with Gasteiger partial charge in [-0.25, -0.2) is 9.59 Å². The summed E-state index contributed by atoms with van der Waals surface area (Å²) in [5.74, 6) is -14.6. The number of alkyl halides is 6. The lowest BCUT2D eigenvalue weighted by Crippen LogP contribution is -2.56. The minimum absolute atomic E-state index is 0.00688. The molecule has 0 amide bonds. The topological polar surface area (TPSA) is 63.6 Å². The minimum Gasteiger partial charge on any atom is -0.478 e. The molecule has 0 aromatic heterocycles. The molecule has 4 nitrogen and oxygen atoms in total. The van der Waals surface area contributed by atoms with Crippen LogP contribution in [0.5, 0.6) is 0 Å². The number of carbonyl (C=O) groups is 2. The number of rotatable bonds is 4. The summed E-state index contributed by atoms with van der Waals surface area (Å²) in [6.45, 7) is -0.436. The summed E-state index contributed by atoms with van der Waals surface area (Å²) in [6, 6.07) is 0. The van der Waals surface area contributed by atoms with Crippen molar-refractivity contribution in [2.75, 3.05) is 0 Å². The van der Waals surface area contributed by atoms with Crippen molar-refractivity contribution >= 4 is 11.9 Å². The number of carboxylic acids is 1. The van der Waals surface area contributed by atoms with Crippen LogP contribution < -0.4 is 0 Å². The summed E-state index contributed by atoms with van der Waals surface area (Å²) >= 11 is 0. The molecule has 0 aromatic rings. The van der Waals surface area contributed by atoms with Crippen LogP contribution in [0, 0.1) is 0 Å². The molecule has 1 N–H and O–H groups in total. The fourth-order valence-corrected chi connectivity index (χ4v) is 0.708. The zero-order valence-electron chi connectivity index (χ0n) is 8.59. The van der Waals surface area contributed by atoms with E-state index in [0.717, 1.165) is 0 Å². The van der Waals surface area contributed by atoms with Crippen LogP contribution in [0.3, 0.4) is 0 Å². The van der Waals surface area contributed by atoms with Gasteiger partial charge >= 0.3 is 29.9 Å². The van der Waals surface area contributed by atoms with Crippen LogP contribution in [0.15, 0.2) is 12.2 Å². The van der Waals surface area contributed by atoms with Gasteiger partial charge in [0.05, 0.1) is 0 Å². The maximum Gasteiger partial charge on any atom is 0.467 e. The van der Waals surface area contributed by atoms with Gasteiger partial charge in [-0.05, 0) is 0 Å². The van der Waals surface area contributed by atoms with Crippen LogP contribution in [-0.2, 0) is 14.3 Å². The quantitative estimate of drug-likeness (QED) is 0.486. The minimum atomic E-state index is -6.18. The van der Waals surface area contributed by atoms with Gasteiger partial charge in [-0.15, -0.1) is 0 Å². The van der Waals surface area contributed by atoms with Gasteiger partial charge in [-0.1, -0.05) is 0 Å². The van der Waals surface area contributed by atoms with Crippen LogP contribution in [0.25, 0.3) is 0 Å². The zero-order chi connectivity index (χ0) is 14.8. The summed E-state index contributed by atoms with van der Waals surface area (Å²) in [5.41, 5.74) is 0. The Kier molecular flexibility index (Phi) is 4.39. The van der Waals surface area contributed by atoms with Gasteiger partial charge in [0.1, 0.15) is 0 Å². The number of carbonyl (C=O) groups excluding carboxylic acids is 1. The third-order valence-electron chi connectivity index (χ3n) is 1.53. The molecule has 0 saturated carbocycles. The SMILES string of the molecule is CC(F)(F)C(F)(OC(=O)C=CC(=O)O)C(F)(F)F. The number of hydrogen-bond acceptors (Lipinski definition) is 3. The Morgan fingerprint density at radius 3 is 1.78 bits per heavy atom. The maximum absolute atomic E-state index is 13.1. The molecule has 104 valence electrons. The number of esters is 1. The Balaban J connectivity index is 5.19. The molecule has 0 fully saturated rings. The van der Waals surface area contributed by atoms with Crippen LogP contribution in [0.4, 0.5) is 26.3 Å². The molecule has 0 radical (unpaired) electrons. The first kappa shape index (κ1) is 16.3. The molecule has 0 aliphatic carbocycles. The van der Waals surface area contributed by atoms with Gasteiger partial charge in [-0.2, -0.15) is 26.3 Å². The predicted molar refractivity (Wildman–Crippen MR) is 43.4 cm³/mol. The van der Waals surface area contributed by atoms with Crippen molar-refractivity contribution in [2.45, 2.75) is 24.9 Å². The van der Waals surface area contributed by atoms with Gasteiger partial charge in [0.2, 0.25) is 0 Å². The molecule has 0 saturated heterocycles. The number of halogens is 6. The summed E-state index contributed by atoms with van der Waals surface area (Å²) in [4.78, 5) is 20.5. The molecule has 18 heavy (non-hydrogen) atoms. The van der Waals surface area contributed by atoms with E-state index >= 15 is 0 Å². The van der Waals surface area contributed by atoms with E-state index in [2.05, 4.69) is 4.74 Å². The van der Waals surface area contributed by atoms with Gasteiger partial charge < -0.3 is 9.84 Å². The molecule has 1 unspecified atom stereocenters. The summed E-state index contributed by atoms with van der Waals surface area (Å²) in [5, 5.41) is 8.02. The molecular weight excluding hydrogens is 274 g/mol. The third kappa shape index (κ3) is 3.64. The predicted octanol–water partition coefficient (Wildman–Crippen LogP) is 2.05. The first-order valence-corrected chi connectivity index (χ1v) is 4.08. The molecule has 1 atom stereocenters. The van der Waals surface area contributed by atoms with Crippen LogP contribution in [0.1, 0.15) is 6.92 Å². The van der Waals surface area contributed by atoms with Crippen molar-refractivity contribution in [3.8, 4) is 0 Å². The largest absolute Gasteiger partial charge is 0.478 e. The highest BCUT2D eigenvalue weighted by atomic mass is 19.4. The third-order valence-corrected chi connectivity index (χ3v) is 1.53. The van der Waals surface area contributed by atoms with Crippen molar-refractivity contribution in [3.05, 3.63) is 12.2 Å². The van der Waals surface area contributed by atoms with Crippen molar-refractivity contribution < 1.29 is 45.8 Å².